The Morgan fingerprint density at radius 3 is 2.59 bits per heavy atom. The Morgan fingerprint density at radius 2 is 2.06 bits per heavy atom. The van der Waals surface area contributed by atoms with E-state index in [2.05, 4.69) is 0 Å². The van der Waals surface area contributed by atoms with Gasteiger partial charge in [-0.3, -0.25) is 10.1 Å². The third-order valence-electron chi connectivity index (χ3n) is 2.44. The van der Waals surface area contributed by atoms with Crippen LogP contribution in [0.15, 0.2) is 48.1 Å². The van der Waals surface area contributed by atoms with Crippen LogP contribution < -0.4 is 0 Å². The van der Waals surface area contributed by atoms with Crippen LogP contribution >= 0.6 is 0 Å². The molecule has 1 rings (SSSR count). The molecule has 1 atom stereocenters. The maximum atomic E-state index is 10.9. The van der Waals surface area contributed by atoms with Gasteiger partial charge < -0.3 is 5.11 Å². The van der Waals surface area contributed by atoms with Gasteiger partial charge in [-0.05, 0) is 25.5 Å². The molecule has 0 aromatic heterocycles. The van der Waals surface area contributed by atoms with E-state index in [0.29, 0.717) is 11.1 Å². The van der Waals surface area contributed by atoms with Crippen molar-refractivity contribution < 1.29 is 10.0 Å². The lowest BCUT2D eigenvalue weighted by atomic mass is 9.99. The summed E-state index contributed by atoms with van der Waals surface area (Å²) >= 11 is 0. The molecule has 0 aliphatic heterocycles. The molecule has 0 saturated heterocycles. The van der Waals surface area contributed by atoms with Gasteiger partial charge >= 0.3 is 0 Å². The molecule has 0 saturated carbocycles. The number of allylic oxidation sites excluding steroid dienone is 2. The molecule has 0 bridgehead atoms. The van der Waals surface area contributed by atoms with E-state index in [-0.39, 0.29) is 5.69 Å². The van der Waals surface area contributed by atoms with Crippen LogP contribution in [0.2, 0.25) is 0 Å². The van der Waals surface area contributed by atoms with Crippen molar-refractivity contribution in [3.8, 4) is 0 Å². The molecule has 0 heterocycles. The van der Waals surface area contributed by atoms with Gasteiger partial charge in [0.25, 0.3) is 5.69 Å². The fraction of sp³-hybridized carbons (Fsp3) is 0.231. The van der Waals surface area contributed by atoms with Crippen LogP contribution in [0.1, 0.15) is 25.5 Å². The van der Waals surface area contributed by atoms with Crippen molar-refractivity contribution in [3.63, 3.8) is 0 Å². The molecule has 90 valence electrons. The second-order valence-corrected chi connectivity index (χ2v) is 3.51. The molecule has 0 aliphatic rings. The largest absolute Gasteiger partial charge is 0.383 e. The van der Waals surface area contributed by atoms with Crippen molar-refractivity contribution in [2.24, 2.45) is 0 Å². The fourth-order valence-corrected chi connectivity index (χ4v) is 1.60. The van der Waals surface area contributed by atoms with E-state index in [0.717, 1.165) is 0 Å². The Labute approximate surface area is 100 Å². The molecule has 0 amide bonds. The van der Waals surface area contributed by atoms with Gasteiger partial charge in [-0.1, -0.05) is 30.4 Å². The molecule has 1 N–H and O–H groups in total. The summed E-state index contributed by atoms with van der Waals surface area (Å²) < 4.78 is 0. The Hall–Kier alpha value is -1.94. The maximum absolute atomic E-state index is 10.9. The van der Waals surface area contributed by atoms with Gasteiger partial charge in [0.15, 0.2) is 0 Å². The van der Waals surface area contributed by atoms with E-state index >= 15 is 0 Å². The molecule has 0 fully saturated rings. The normalized spacial score (nSPS) is 13.9. The summed E-state index contributed by atoms with van der Waals surface area (Å²) in [4.78, 5) is 10.4. The molecule has 0 aliphatic carbocycles. The van der Waals surface area contributed by atoms with Crippen LogP contribution in [0.3, 0.4) is 0 Å². The average Bonchev–Trinajstić information content (AvgIpc) is 2.35. The first kappa shape index (κ1) is 13.1. The molecule has 0 radical (unpaired) electrons. The van der Waals surface area contributed by atoms with Gasteiger partial charge in [-0.15, -0.1) is 0 Å². The van der Waals surface area contributed by atoms with Crippen LogP contribution in [-0.2, 0) is 0 Å². The zero-order valence-corrected chi connectivity index (χ0v) is 9.83. The van der Waals surface area contributed by atoms with Crippen LogP contribution in [0.5, 0.6) is 0 Å². The van der Waals surface area contributed by atoms with Gasteiger partial charge in [-0.25, -0.2) is 0 Å². The highest BCUT2D eigenvalue weighted by Gasteiger charge is 2.20. The number of aliphatic hydroxyl groups is 1. The zero-order chi connectivity index (χ0) is 12.8. The van der Waals surface area contributed by atoms with Crippen molar-refractivity contribution in [1.82, 2.24) is 0 Å². The van der Waals surface area contributed by atoms with Gasteiger partial charge in [-0.2, -0.15) is 0 Å². The summed E-state index contributed by atoms with van der Waals surface area (Å²) in [6, 6.07) is 6.21. The molecule has 1 unspecified atom stereocenters. The summed E-state index contributed by atoms with van der Waals surface area (Å²) in [5.41, 5.74) is 0.884. The average molecular weight is 233 g/mol. The third kappa shape index (κ3) is 3.01. The highest BCUT2D eigenvalue weighted by molar-refractivity contribution is 5.45. The predicted octanol–water partition coefficient (Wildman–Crippen LogP) is 3.15. The smallest absolute Gasteiger partial charge is 0.275 e. The van der Waals surface area contributed by atoms with Crippen molar-refractivity contribution in [3.05, 3.63) is 63.7 Å². The number of nitro groups is 1. The number of aliphatic hydroxyl groups excluding tert-OH is 1. The lowest BCUT2D eigenvalue weighted by molar-refractivity contribution is -0.386. The molecule has 17 heavy (non-hydrogen) atoms. The van der Waals surface area contributed by atoms with Crippen LogP contribution in [0, 0.1) is 10.1 Å². The summed E-state index contributed by atoms with van der Waals surface area (Å²) in [6.45, 7) is 3.61. The minimum absolute atomic E-state index is 0.0659. The quantitative estimate of drug-likeness (QED) is 0.493. The Balaban J connectivity index is 3.20. The monoisotopic (exact) mass is 233 g/mol. The maximum Gasteiger partial charge on any atom is 0.275 e. The van der Waals surface area contributed by atoms with Crippen LogP contribution in [-0.4, -0.2) is 10.0 Å². The van der Waals surface area contributed by atoms with Crippen molar-refractivity contribution in [2.75, 3.05) is 0 Å². The fourth-order valence-electron chi connectivity index (χ4n) is 1.60. The van der Waals surface area contributed by atoms with Crippen LogP contribution in [0.25, 0.3) is 0 Å². The zero-order valence-electron chi connectivity index (χ0n) is 9.83. The van der Waals surface area contributed by atoms with Crippen molar-refractivity contribution >= 4 is 5.69 Å². The van der Waals surface area contributed by atoms with Gasteiger partial charge in [0.1, 0.15) is 6.10 Å². The summed E-state index contributed by atoms with van der Waals surface area (Å²) in [7, 11) is 0. The Kier molecular flexibility index (Phi) is 4.60. The van der Waals surface area contributed by atoms with Crippen molar-refractivity contribution in [1.29, 1.82) is 0 Å². The first-order valence-corrected chi connectivity index (χ1v) is 5.32. The number of hydrogen-bond acceptors (Lipinski definition) is 3. The second-order valence-electron chi connectivity index (χ2n) is 3.51. The SMILES string of the molecule is C/C=C\C(=C/C)C(O)c1ccccc1[N+](=O)[O-]. The molecular formula is C13H15NO3. The Morgan fingerprint density at radius 1 is 1.41 bits per heavy atom. The van der Waals surface area contributed by atoms with E-state index < -0.39 is 11.0 Å². The van der Waals surface area contributed by atoms with Crippen LogP contribution in [0.4, 0.5) is 5.69 Å². The standard InChI is InChI=1S/C13H15NO3/c1-3-7-10(4-2)13(15)11-8-5-6-9-12(11)14(16)17/h3-9,13,15H,1-2H3/b7-3-,10-4+. The van der Waals surface area contributed by atoms with E-state index in [4.69, 9.17) is 0 Å². The number of nitro benzene ring substituents is 1. The van der Waals surface area contributed by atoms with Crippen molar-refractivity contribution in [2.45, 2.75) is 20.0 Å². The molecule has 4 nitrogen and oxygen atoms in total. The minimum Gasteiger partial charge on any atom is -0.383 e. The highest BCUT2D eigenvalue weighted by Crippen LogP contribution is 2.29. The number of benzene rings is 1. The van der Waals surface area contributed by atoms with E-state index in [1.54, 1.807) is 43.4 Å². The third-order valence-corrected chi connectivity index (χ3v) is 2.44. The number of para-hydroxylation sites is 1. The molecule has 4 heteroatoms. The van der Waals surface area contributed by atoms with Gasteiger partial charge in [0, 0.05) is 6.07 Å². The molecule has 1 aromatic carbocycles. The summed E-state index contributed by atoms with van der Waals surface area (Å²) in [5, 5.41) is 21.0. The van der Waals surface area contributed by atoms with Gasteiger partial charge in [0.2, 0.25) is 0 Å². The first-order valence-electron chi connectivity index (χ1n) is 5.32. The van der Waals surface area contributed by atoms with E-state index in [9.17, 15) is 15.2 Å². The van der Waals surface area contributed by atoms with E-state index in [1.165, 1.54) is 6.07 Å². The predicted molar refractivity (Wildman–Crippen MR) is 66.6 cm³/mol. The first-order chi connectivity index (χ1) is 8.11. The second kappa shape index (κ2) is 5.96. The minimum atomic E-state index is -0.974. The lowest BCUT2D eigenvalue weighted by Crippen LogP contribution is -2.04. The Bertz CT molecular complexity index is 463. The highest BCUT2D eigenvalue weighted by atomic mass is 16.6. The molecule has 1 aromatic rings. The van der Waals surface area contributed by atoms with Gasteiger partial charge in [0.05, 0.1) is 10.5 Å². The summed E-state index contributed by atoms with van der Waals surface area (Å²) in [5.74, 6) is 0. The molecular weight excluding hydrogens is 218 g/mol. The number of nitrogens with zero attached hydrogens (tertiary/aromatic N) is 1. The molecule has 0 spiro atoms. The number of hydrogen-bond donors (Lipinski definition) is 1. The summed E-state index contributed by atoms with van der Waals surface area (Å²) in [6.07, 6.45) is 4.29. The lowest BCUT2D eigenvalue weighted by Gasteiger charge is -2.12. The number of rotatable bonds is 4. The topological polar surface area (TPSA) is 63.4 Å². The van der Waals surface area contributed by atoms with E-state index in [1.807, 2.05) is 6.92 Å².